The SMILES string of the molecule is B=c1[nH]c(=O)/c(=C\c2cc(-c3ccc(N(C)C)cc3)ccc2OC(C)c2ccccc2)s1. The fraction of sp³-hybridized carbons (Fsp3) is 0.154. The molecular formula is C26H25BN2O2S. The molecule has 0 amide bonds. The summed E-state index contributed by atoms with van der Waals surface area (Å²) in [5.41, 5.74) is 5.12. The Morgan fingerprint density at radius 2 is 1.69 bits per heavy atom. The molecule has 0 radical (unpaired) electrons. The van der Waals surface area contributed by atoms with E-state index >= 15 is 0 Å². The van der Waals surface area contributed by atoms with Crippen molar-refractivity contribution in [2.24, 2.45) is 0 Å². The van der Waals surface area contributed by atoms with E-state index < -0.39 is 0 Å². The van der Waals surface area contributed by atoms with Gasteiger partial charge in [-0.25, -0.2) is 0 Å². The Balaban J connectivity index is 1.77. The molecule has 1 unspecified atom stereocenters. The zero-order valence-electron chi connectivity index (χ0n) is 18.5. The van der Waals surface area contributed by atoms with Crippen LogP contribution in [0.3, 0.4) is 0 Å². The number of ether oxygens (including phenoxy) is 1. The predicted molar refractivity (Wildman–Crippen MR) is 136 cm³/mol. The van der Waals surface area contributed by atoms with Crippen LogP contribution in [0.1, 0.15) is 24.2 Å². The Kier molecular flexibility index (Phi) is 6.42. The number of nitrogens with one attached hydrogen (secondary N) is 1. The summed E-state index contributed by atoms with van der Waals surface area (Å²) in [7, 11) is 7.90. The van der Waals surface area contributed by atoms with Crippen molar-refractivity contribution in [1.29, 1.82) is 0 Å². The number of hydrogen-bond acceptors (Lipinski definition) is 4. The van der Waals surface area contributed by atoms with Gasteiger partial charge in [0.15, 0.2) is 0 Å². The van der Waals surface area contributed by atoms with Crippen LogP contribution in [-0.4, -0.2) is 26.6 Å². The summed E-state index contributed by atoms with van der Waals surface area (Å²) in [5.74, 6) is 0.730. The summed E-state index contributed by atoms with van der Waals surface area (Å²) >= 11 is 1.34. The maximum absolute atomic E-state index is 12.3. The van der Waals surface area contributed by atoms with Crippen LogP contribution in [-0.2, 0) is 0 Å². The summed E-state index contributed by atoms with van der Waals surface area (Å²) in [5, 5.41) is 0. The summed E-state index contributed by atoms with van der Waals surface area (Å²) in [4.78, 5) is 17.1. The number of nitrogens with zero attached hydrogens (tertiary/aromatic N) is 1. The van der Waals surface area contributed by atoms with E-state index in [-0.39, 0.29) is 11.7 Å². The average Bonchev–Trinajstić information content (AvgIpc) is 3.12. The molecule has 4 nitrogen and oxygen atoms in total. The van der Waals surface area contributed by atoms with E-state index in [4.69, 9.17) is 4.74 Å². The minimum atomic E-state index is -0.136. The van der Waals surface area contributed by atoms with Crippen molar-refractivity contribution in [3.8, 4) is 16.9 Å². The van der Waals surface area contributed by atoms with Crippen molar-refractivity contribution in [2.75, 3.05) is 19.0 Å². The Morgan fingerprint density at radius 3 is 2.31 bits per heavy atom. The van der Waals surface area contributed by atoms with Gasteiger partial charge in [-0.3, -0.25) is 0 Å². The number of thiazole rings is 1. The van der Waals surface area contributed by atoms with E-state index in [1.807, 2.05) is 63.5 Å². The third kappa shape index (κ3) is 4.92. The molecule has 1 heterocycles. The molecule has 3 aromatic carbocycles. The molecule has 0 aliphatic carbocycles. The summed E-state index contributed by atoms with van der Waals surface area (Å²) in [6.07, 6.45) is 1.75. The molecule has 0 aliphatic rings. The number of hydrogen-bond donors (Lipinski definition) is 1. The minimum absolute atomic E-state index is 0.126. The summed E-state index contributed by atoms with van der Waals surface area (Å²) in [6, 6.07) is 24.6. The third-order valence-corrected chi connectivity index (χ3v) is 6.17. The zero-order valence-corrected chi connectivity index (χ0v) is 19.3. The van der Waals surface area contributed by atoms with Gasteiger partial charge in [0, 0.05) is 14.1 Å². The Labute approximate surface area is 192 Å². The summed E-state index contributed by atoms with van der Waals surface area (Å²) < 4.78 is 7.57. The molecule has 1 N–H and O–H groups in total. The average molecular weight is 440 g/mol. The number of aromatic nitrogens is 1. The third-order valence-electron chi connectivity index (χ3n) is 5.30. The molecule has 1 atom stereocenters. The van der Waals surface area contributed by atoms with E-state index in [0.29, 0.717) is 9.09 Å². The first-order chi connectivity index (χ1) is 15.4. The maximum atomic E-state index is 12.3. The van der Waals surface area contributed by atoms with Crippen LogP contribution < -0.4 is 19.7 Å². The van der Waals surface area contributed by atoms with Gasteiger partial charge in [-0.05, 0) is 0 Å². The molecule has 6 heteroatoms. The summed E-state index contributed by atoms with van der Waals surface area (Å²) in [6.45, 7) is 2.03. The van der Waals surface area contributed by atoms with Gasteiger partial charge in [-0.15, -0.1) is 0 Å². The molecule has 0 fully saturated rings. The van der Waals surface area contributed by atoms with E-state index in [9.17, 15) is 4.79 Å². The number of aromatic amines is 1. The number of anilines is 1. The van der Waals surface area contributed by atoms with Gasteiger partial charge in [0.05, 0.1) is 0 Å². The van der Waals surface area contributed by atoms with Gasteiger partial charge in [0.2, 0.25) is 0 Å². The zero-order chi connectivity index (χ0) is 22.7. The van der Waals surface area contributed by atoms with Crippen molar-refractivity contribution >= 4 is 30.6 Å². The molecule has 0 spiro atoms. The van der Waals surface area contributed by atoms with E-state index in [2.05, 4.69) is 53.8 Å². The monoisotopic (exact) mass is 440 g/mol. The first kappa shape index (κ1) is 21.8. The van der Waals surface area contributed by atoms with Gasteiger partial charge in [0.1, 0.15) is 0 Å². The molecule has 0 saturated heterocycles. The van der Waals surface area contributed by atoms with Crippen LogP contribution in [0, 0.1) is 4.55 Å². The predicted octanol–water partition coefficient (Wildman–Crippen LogP) is 4.29. The molecule has 4 rings (SSSR count). The fourth-order valence-corrected chi connectivity index (χ4v) is 4.25. The quantitative estimate of drug-likeness (QED) is 0.455. The Bertz CT molecular complexity index is 1380. The van der Waals surface area contributed by atoms with Crippen LogP contribution in [0.4, 0.5) is 5.69 Å². The molecule has 32 heavy (non-hydrogen) atoms. The van der Waals surface area contributed by atoms with Crippen molar-refractivity contribution in [3.63, 3.8) is 0 Å². The molecule has 4 aromatic rings. The van der Waals surface area contributed by atoms with E-state index in [0.717, 1.165) is 33.7 Å². The normalized spacial score (nSPS) is 12.5. The molecule has 1 aromatic heterocycles. The van der Waals surface area contributed by atoms with Crippen molar-refractivity contribution in [1.82, 2.24) is 4.98 Å². The second-order valence-electron chi connectivity index (χ2n) is 7.85. The van der Waals surface area contributed by atoms with Crippen molar-refractivity contribution < 1.29 is 4.74 Å². The van der Waals surface area contributed by atoms with E-state index in [1.165, 1.54) is 11.3 Å². The number of benzene rings is 3. The molecule has 0 aliphatic heterocycles. The Morgan fingerprint density at radius 1 is 1.00 bits per heavy atom. The molecule has 160 valence electrons. The van der Waals surface area contributed by atoms with Crippen molar-refractivity contribution in [3.05, 3.63) is 103 Å². The molecule has 0 bridgehead atoms. The van der Waals surface area contributed by atoms with Gasteiger partial charge >= 0.3 is 178 Å². The first-order valence-corrected chi connectivity index (χ1v) is 11.3. The second-order valence-corrected chi connectivity index (χ2v) is 8.99. The van der Waals surface area contributed by atoms with Gasteiger partial charge in [-0.2, -0.15) is 0 Å². The molecule has 0 saturated carbocycles. The van der Waals surface area contributed by atoms with Crippen molar-refractivity contribution in [2.45, 2.75) is 13.0 Å². The van der Waals surface area contributed by atoms with Crippen LogP contribution in [0.25, 0.3) is 17.2 Å². The van der Waals surface area contributed by atoms with Gasteiger partial charge < -0.3 is 0 Å². The van der Waals surface area contributed by atoms with Crippen LogP contribution in [0.2, 0.25) is 0 Å². The number of H-pyrrole nitrogens is 1. The van der Waals surface area contributed by atoms with Crippen LogP contribution in [0.15, 0.2) is 77.6 Å². The Hall–Kier alpha value is -3.38. The topological polar surface area (TPSA) is 45.3 Å². The standard InChI is InChI=1S/C26H25BN2O2S/c1-17(18-7-5-4-6-8-18)31-23-14-11-20(19-9-12-22(13-10-19)29(2)3)15-21(23)16-24-25(30)28-26(27)32-24/h4-17,27H,1-3H3,(H,28,30)/b24-16+. The number of rotatable bonds is 6. The first-order valence-electron chi connectivity index (χ1n) is 10.4. The van der Waals surface area contributed by atoms with Gasteiger partial charge in [-0.1, -0.05) is 0 Å². The van der Waals surface area contributed by atoms with Gasteiger partial charge in [0.25, 0.3) is 0 Å². The van der Waals surface area contributed by atoms with Crippen LogP contribution in [0.5, 0.6) is 5.75 Å². The second kappa shape index (κ2) is 9.41. The molecular weight excluding hydrogens is 415 g/mol. The van der Waals surface area contributed by atoms with Crippen LogP contribution >= 0.6 is 11.3 Å². The van der Waals surface area contributed by atoms with E-state index in [1.54, 1.807) is 0 Å². The fourth-order valence-electron chi connectivity index (χ4n) is 3.51.